The predicted molar refractivity (Wildman–Crippen MR) is 84.3 cm³/mol. The summed E-state index contributed by atoms with van der Waals surface area (Å²) in [7, 11) is 0. The van der Waals surface area contributed by atoms with E-state index in [1.165, 1.54) is 6.92 Å². The molecule has 21 heavy (non-hydrogen) atoms. The van der Waals surface area contributed by atoms with Crippen molar-refractivity contribution in [1.82, 2.24) is 0 Å². The predicted octanol–water partition coefficient (Wildman–Crippen LogP) is 3.03. The minimum absolute atomic E-state index is 0.133. The van der Waals surface area contributed by atoms with E-state index in [0.717, 1.165) is 11.1 Å². The van der Waals surface area contributed by atoms with Gasteiger partial charge in [0.15, 0.2) is 0 Å². The molecule has 0 aliphatic rings. The van der Waals surface area contributed by atoms with Crippen LogP contribution in [0.3, 0.4) is 0 Å². The molecule has 0 aromatic heterocycles. The highest BCUT2D eigenvalue weighted by molar-refractivity contribution is 5.90. The Hall–Kier alpha value is -2.33. The number of benzene rings is 2. The second kappa shape index (κ2) is 6.90. The van der Waals surface area contributed by atoms with Gasteiger partial charge in [0, 0.05) is 13.5 Å². The molecule has 0 saturated carbocycles. The van der Waals surface area contributed by atoms with Crippen molar-refractivity contribution in [3.05, 3.63) is 59.7 Å². The van der Waals surface area contributed by atoms with Crippen molar-refractivity contribution < 1.29 is 9.53 Å². The molecule has 1 unspecified atom stereocenters. The Morgan fingerprint density at radius 3 is 2.67 bits per heavy atom. The molecule has 2 aromatic carbocycles. The van der Waals surface area contributed by atoms with Crippen LogP contribution >= 0.6 is 0 Å². The second-order valence-electron chi connectivity index (χ2n) is 4.93. The minimum atomic E-state index is -0.250. The SMILES string of the molecule is CC(=O)Nc1ccccc1OC(CN)c1cccc(C)c1. The fourth-order valence-corrected chi connectivity index (χ4v) is 2.14. The molecule has 1 atom stereocenters. The van der Waals surface area contributed by atoms with Crippen LogP contribution in [-0.4, -0.2) is 12.5 Å². The third-order valence-electron chi connectivity index (χ3n) is 3.09. The largest absolute Gasteiger partial charge is 0.482 e. The molecule has 0 fully saturated rings. The molecule has 0 saturated heterocycles. The van der Waals surface area contributed by atoms with E-state index < -0.39 is 0 Å². The smallest absolute Gasteiger partial charge is 0.221 e. The average molecular weight is 284 g/mol. The van der Waals surface area contributed by atoms with Crippen molar-refractivity contribution in [1.29, 1.82) is 0 Å². The Kier molecular flexibility index (Phi) is 4.95. The van der Waals surface area contributed by atoms with E-state index >= 15 is 0 Å². The van der Waals surface area contributed by atoms with Gasteiger partial charge >= 0.3 is 0 Å². The summed E-state index contributed by atoms with van der Waals surface area (Å²) < 4.78 is 6.00. The normalized spacial score (nSPS) is 11.8. The summed E-state index contributed by atoms with van der Waals surface area (Å²) in [5.41, 5.74) is 8.67. The molecule has 3 N–H and O–H groups in total. The summed E-state index contributed by atoms with van der Waals surface area (Å²) in [5, 5.41) is 2.76. The quantitative estimate of drug-likeness (QED) is 0.887. The standard InChI is InChI=1S/C17H20N2O2/c1-12-6-5-7-14(10-12)17(11-18)21-16-9-4-3-8-15(16)19-13(2)20/h3-10,17H,11,18H2,1-2H3,(H,19,20). The molecule has 0 bridgehead atoms. The molecule has 4 heteroatoms. The van der Waals surface area contributed by atoms with E-state index in [4.69, 9.17) is 10.5 Å². The lowest BCUT2D eigenvalue weighted by atomic mass is 10.1. The molecule has 0 heterocycles. The van der Waals surface area contributed by atoms with Crippen molar-refractivity contribution in [3.63, 3.8) is 0 Å². The Bertz CT molecular complexity index is 626. The molecule has 2 aromatic rings. The van der Waals surface area contributed by atoms with Gasteiger partial charge in [-0.05, 0) is 24.6 Å². The Morgan fingerprint density at radius 1 is 1.24 bits per heavy atom. The molecular weight excluding hydrogens is 264 g/mol. The van der Waals surface area contributed by atoms with Gasteiger partial charge in [-0.1, -0.05) is 42.0 Å². The number of para-hydroxylation sites is 2. The average Bonchev–Trinajstić information content (AvgIpc) is 2.45. The number of carbonyl (C=O) groups is 1. The highest BCUT2D eigenvalue weighted by Gasteiger charge is 2.14. The first-order chi connectivity index (χ1) is 10.1. The number of rotatable bonds is 5. The molecule has 1 amide bonds. The van der Waals surface area contributed by atoms with E-state index in [1.54, 1.807) is 6.07 Å². The zero-order valence-corrected chi connectivity index (χ0v) is 12.3. The number of ether oxygens (including phenoxy) is 1. The van der Waals surface area contributed by atoms with E-state index in [1.807, 2.05) is 43.3 Å². The van der Waals surface area contributed by atoms with Gasteiger partial charge in [0.25, 0.3) is 0 Å². The number of amides is 1. The Labute approximate surface area is 124 Å². The van der Waals surface area contributed by atoms with Gasteiger partial charge in [-0.15, -0.1) is 0 Å². The van der Waals surface area contributed by atoms with Crippen molar-refractivity contribution in [2.45, 2.75) is 20.0 Å². The second-order valence-corrected chi connectivity index (χ2v) is 4.93. The zero-order chi connectivity index (χ0) is 15.2. The molecule has 0 spiro atoms. The van der Waals surface area contributed by atoms with Gasteiger partial charge in [-0.3, -0.25) is 4.79 Å². The van der Waals surface area contributed by atoms with Gasteiger partial charge < -0.3 is 15.8 Å². The maximum Gasteiger partial charge on any atom is 0.221 e. The summed E-state index contributed by atoms with van der Waals surface area (Å²) in [6.07, 6.45) is -0.250. The summed E-state index contributed by atoms with van der Waals surface area (Å²) >= 11 is 0. The number of hydrogen-bond acceptors (Lipinski definition) is 3. The molecular formula is C17H20N2O2. The van der Waals surface area contributed by atoms with Crippen LogP contribution in [0, 0.1) is 6.92 Å². The van der Waals surface area contributed by atoms with Gasteiger partial charge in [0.2, 0.25) is 5.91 Å². The van der Waals surface area contributed by atoms with Gasteiger partial charge in [-0.2, -0.15) is 0 Å². The number of nitrogens with two attached hydrogens (primary N) is 1. The van der Waals surface area contributed by atoms with Gasteiger partial charge in [-0.25, -0.2) is 0 Å². The fourth-order valence-electron chi connectivity index (χ4n) is 2.14. The lowest BCUT2D eigenvalue weighted by Crippen LogP contribution is -2.19. The summed E-state index contributed by atoms with van der Waals surface area (Å²) in [4.78, 5) is 11.2. The van der Waals surface area contributed by atoms with Gasteiger partial charge in [0.1, 0.15) is 11.9 Å². The van der Waals surface area contributed by atoms with E-state index in [0.29, 0.717) is 18.0 Å². The molecule has 0 aliphatic carbocycles. The maximum absolute atomic E-state index is 11.2. The van der Waals surface area contributed by atoms with E-state index in [9.17, 15) is 4.79 Å². The van der Waals surface area contributed by atoms with Crippen LogP contribution in [0.15, 0.2) is 48.5 Å². The molecule has 110 valence electrons. The Morgan fingerprint density at radius 2 is 2.00 bits per heavy atom. The fraction of sp³-hybridized carbons (Fsp3) is 0.235. The third kappa shape index (κ3) is 4.07. The van der Waals surface area contributed by atoms with Crippen LogP contribution in [0.25, 0.3) is 0 Å². The molecule has 0 radical (unpaired) electrons. The molecule has 2 rings (SSSR count). The number of hydrogen-bond donors (Lipinski definition) is 2. The number of carbonyl (C=O) groups excluding carboxylic acids is 1. The lowest BCUT2D eigenvalue weighted by Gasteiger charge is -2.20. The van der Waals surface area contributed by atoms with Crippen molar-refractivity contribution in [2.24, 2.45) is 5.73 Å². The highest BCUT2D eigenvalue weighted by Crippen LogP contribution is 2.29. The van der Waals surface area contributed by atoms with E-state index in [-0.39, 0.29) is 12.0 Å². The minimum Gasteiger partial charge on any atom is -0.482 e. The molecule has 4 nitrogen and oxygen atoms in total. The third-order valence-corrected chi connectivity index (χ3v) is 3.09. The summed E-state index contributed by atoms with van der Waals surface area (Å²) in [5.74, 6) is 0.482. The van der Waals surface area contributed by atoms with Crippen molar-refractivity contribution >= 4 is 11.6 Å². The zero-order valence-electron chi connectivity index (χ0n) is 12.3. The first-order valence-electron chi connectivity index (χ1n) is 6.90. The van der Waals surface area contributed by atoms with E-state index in [2.05, 4.69) is 11.4 Å². The monoisotopic (exact) mass is 284 g/mol. The summed E-state index contributed by atoms with van der Waals surface area (Å²) in [6.45, 7) is 3.86. The number of anilines is 1. The van der Waals surface area contributed by atoms with Crippen LogP contribution in [-0.2, 0) is 4.79 Å². The van der Waals surface area contributed by atoms with Crippen LogP contribution in [0.1, 0.15) is 24.2 Å². The first-order valence-corrected chi connectivity index (χ1v) is 6.90. The van der Waals surface area contributed by atoms with Gasteiger partial charge in [0.05, 0.1) is 5.69 Å². The first kappa shape index (κ1) is 15.1. The van der Waals surface area contributed by atoms with Crippen LogP contribution in [0.2, 0.25) is 0 Å². The Balaban J connectivity index is 2.25. The maximum atomic E-state index is 11.2. The number of nitrogens with one attached hydrogen (secondary N) is 1. The van der Waals surface area contributed by atoms with Crippen molar-refractivity contribution in [3.8, 4) is 5.75 Å². The van der Waals surface area contributed by atoms with Crippen LogP contribution in [0.5, 0.6) is 5.75 Å². The van der Waals surface area contributed by atoms with Crippen LogP contribution in [0.4, 0.5) is 5.69 Å². The van der Waals surface area contributed by atoms with Crippen molar-refractivity contribution in [2.75, 3.05) is 11.9 Å². The molecule has 0 aliphatic heterocycles. The topological polar surface area (TPSA) is 64.3 Å². The van der Waals surface area contributed by atoms with Crippen LogP contribution < -0.4 is 15.8 Å². The number of aryl methyl sites for hydroxylation is 1. The summed E-state index contributed by atoms with van der Waals surface area (Å²) in [6, 6.07) is 15.4. The lowest BCUT2D eigenvalue weighted by molar-refractivity contribution is -0.114. The highest BCUT2D eigenvalue weighted by atomic mass is 16.5.